The van der Waals surface area contributed by atoms with Crippen LogP contribution in [0.1, 0.15) is 32.6 Å². The van der Waals surface area contributed by atoms with Crippen LogP contribution < -0.4 is 15.4 Å². The Kier molecular flexibility index (Phi) is 7.11. The Balaban J connectivity index is 2.60. The second kappa shape index (κ2) is 8.64. The third kappa shape index (κ3) is 4.99. The zero-order chi connectivity index (χ0) is 14.1. The molecule has 0 saturated heterocycles. The van der Waals surface area contributed by atoms with E-state index in [1.54, 1.807) is 0 Å². The number of unbranched alkanes of at least 4 members (excludes halogenated alkanes) is 2. The number of benzene rings is 1. The van der Waals surface area contributed by atoms with Crippen molar-refractivity contribution in [1.82, 2.24) is 0 Å². The number of para-hydroxylation sites is 1. The van der Waals surface area contributed by atoms with Gasteiger partial charge >= 0.3 is 0 Å². The maximum Gasteiger partial charge on any atom is 0.144 e. The fourth-order valence-electron chi connectivity index (χ4n) is 1.96. The minimum Gasteiger partial charge on any atom is -0.491 e. The predicted octanol–water partition coefficient (Wildman–Crippen LogP) is 2.66. The highest BCUT2D eigenvalue weighted by molar-refractivity contribution is 5.73. The lowest BCUT2D eigenvalue weighted by atomic mass is 10.2. The minimum atomic E-state index is 0.270. The first kappa shape index (κ1) is 15.6. The molecule has 0 unspecified atom stereocenters. The second-order valence-corrected chi connectivity index (χ2v) is 4.74. The average molecular weight is 266 g/mol. The molecule has 0 spiro atoms. The van der Waals surface area contributed by atoms with Gasteiger partial charge in [0.1, 0.15) is 5.75 Å². The van der Waals surface area contributed by atoms with Crippen molar-refractivity contribution in [2.45, 2.75) is 32.6 Å². The van der Waals surface area contributed by atoms with Gasteiger partial charge in [0.25, 0.3) is 0 Å². The van der Waals surface area contributed by atoms with Gasteiger partial charge in [-0.3, -0.25) is 0 Å². The van der Waals surface area contributed by atoms with Crippen molar-refractivity contribution in [1.29, 1.82) is 0 Å². The predicted molar refractivity (Wildman–Crippen MR) is 80.8 cm³/mol. The van der Waals surface area contributed by atoms with Gasteiger partial charge in [-0.05, 0) is 37.8 Å². The molecule has 0 bridgehead atoms. The lowest BCUT2D eigenvalue weighted by Crippen LogP contribution is -2.20. The van der Waals surface area contributed by atoms with Crippen LogP contribution >= 0.6 is 0 Å². The lowest BCUT2D eigenvalue weighted by Gasteiger charge is -2.22. The third-order valence-corrected chi connectivity index (χ3v) is 3.07. The molecule has 0 fully saturated rings. The van der Waals surface area contributed by atoms with Gasteiger partial charge in [-0.25, -0.2) is 0 Å². The minimum absolute atomic E-state index is 0.270. The zero-order valence-corrected chi connectivity index (χ0v) is 12.1. The molecule has 0 amide bonds. The molecule has 19 heavy (non-hydrogen) atoms. The molecule has 108 valence electrons. The molecule has 0 aromatic heterocycles. The smallest absolute Gasteiger partial charge is 0.144 e. The topological polar surface area (TPSA) is 58.7 Å². The van der Waals surface area contributed by atoms with E-state index in [1.165, 1.54) is 0 Å². The van der Waals surface area contributed by atoms with Crippen LogP contribution in [0, 0.1) is 0 Å². The highest BCUT2D eigenvalue weighted by atomic mass is 16.5. The molecule has 1 rings (SSSR count). The summed E-state index contributed by atoms with van der Waals surface area (Å²) in [5, 5.41) is 8.76. The van der Waals surface area contributed by atoms with Crippen LogP contribution in [-0.2, 0) is 0 Å². The van der Waals surface area contributed by atoms with Crippen LogP contribution in [0.25, 0.3) is 0 Å². The molecule has 0 radical (unpaired) electrons. The Morgan fingerprint density at radius 1 is 1.26 bits per heavy atom. The first-order chi connectivity index (χ1) is 9.20. The van der Waals surface area contributed by atoms with Gasteiger partial charge in [0.2, 0.25) is 0 Å². The van der Waals surface area contributed by atoms with Gasteiger partial charge in [-0.15, -0.1) is 0 Å². The summed E-state index contributed by atoms with van der Waals surface area (Å²) in [6.45, 7) is 3.97. The van der Waals surface area contributed by atoms with E-state index in [9.17, 15) is 0 Å². The Labute approximate surface area is 116 Å². The summed E-state index contributed by atoms with van der Waals surface area (Å²) >= 11 is 0. The fraction of sp³-hybridized carbons (Fsp3) is 0.600. The molecule has 0 aliphatic heterocycles. The molecular formula is C15H26N2O2. The van der Waals surface area contributed by atoms with Gasteiger partial charge in [0, 0.05) is 20.2 Å². The normalized spacial score (nSPS) is 10.5. The van der Waals surface area contributed by atoms with Crippen LogP contribution in [-0.4, -0.2) is 31.9 Å². The monoisotopic (exact) mass is 266 g/mol. The number of nitrogens with two attached hydrogens (primary N) is 1. The number of hydrogen-bond acceptors (Lipinski definition) is 4. The van der Waals surface area contributed by atoms with E-state index < -0.39 is 0 Å². The number of ether oxygens (including phenoxy) is 1. The number of aliphatic hydroxyl groups excluding tert-OH is 1. The number of hydrogen-bond donors (Lipinski definition) is 2. The highest BCUT2D eigenvalue weighted by Gasteiger charge is 2.09. The molecule has 0 saturated carbocycles. The van der Waals surface area contributed by atoms with E-state index in [0.29, 0.717) is 12.3 Å². The summed E-state index contributed by atoms with van der Waals surface area (Å²) in [7, 11) is 2.04. The number of anilines is 2. The Morgan fingerprint density at radius 2 is 2.05 bits per heavy atom. The molecule has 1 aromatic rings. The molecule has 4 nitrogen and oxygen atoms in total. The first-order valence-corrected chi connectivity index (χ1v) is 7.04. The van der Waals surface area contributed by atoms with Crippen molar-refractivity contribution in [3.05, 3.63) is 18.2 Å². The lowest BCUT2D eigenvalue weighted by molar-refractivity contribution is 0.283. The summed E-state index contributed by atoms with van der Waals surface area (Å²) in [5.41, 5.74) is 7.87. The van der Waals surface area contributed by atoms with Crippen LogP contribution in [0.3, 0.4) is 0 Å². The van der Waals surface area contributed by atoms with Gasteiger partial charge in [0.05, 0.1) is 18.0 Å². The molecular weight excluding hydrogens is 240 g/mol. The van der Waals surface area contributed by atoms with Gasteiger partial charge in [-0.2, -0.15) is 0 Å². The number of rotatable bonds is 9. The molecule has 4 heteroatoms. The maximum atomic E-state index is 8.76. The van der Waals surface area contributed by atoms with Gasteiger partial charge in [-0.1, -0.05) is 13.0 Å². The van der Waals surface area contributed by atoms with E-state index in [-0.39, 0.29) is 6.61 Å². The average Bonchev–Trinajstić information content (AvgIpc) is 2.42. The molecule has 3 N–H and O–H groups in total. The van der Waals surface area contributed by atoms with Crippen LogP contribution in [0.15, 0.2) is 18.2 Å². The van der Waals surface area contributed by atoms with E-state index in [4.69, 9.17) is 15.6 Å². The van der Waals surface area contributed by atoms with Crippen molar-refractivity contribution in [3.63, 3.8) is 0 Å². The summed E-state index contributed by atoms with van der Waals surface area (Å²) in [5.74, 6) is 0.765. The highest BCUT2D eigenvalue weighted by Crippen LogP contribution is 2.31. The van der Waals surface area contributed by atoms with Crippen molar-refractivity contribution in [3.8, 4) is 5.75 Å². The Hall–Kier alpha value is -1.42. The first-order valence-electron chi connectivity index (χ1n) is 7.04. The standard InChI is InChI=1S/C15H26N2O2/c1-3-12-19-14-9-7-8-13(15(14)16)17(2)10-5-4-6-11-18/h7-9,18H,3-6,10-12,16H2,1-2H3. The Morgan fingerprint density at radius 3 is 2.74 bits per heavy atom. The fourth-order valence-corrected chi connectivity index (χ4v) is 1.96. The third-order valence-electron chi connectivity index (χ3n) is 3.07. The van der Waals surface area contributed by atoms with Crippen LogP contribution in [0.4, 0.5) is 11.4 Å². The van der Waals surface area contributed by atoms with Crippen molar-refractivity contribution in [2.24, 2.45) is 0 Å². The molecule has 1 aromatic carbocycles. The molecule has 0 aliphatic carbocycles. The number of aliphatic hydroxyl groups is 1. The summed E-state index contributed by atoms with van der Waals surface area (Å²) < 4.78 is 5.64. The number of nitrogens with zero attached hydrogens (tertiary/aromatic N) is 1. The van der Waals surface area contributed by atoms with Crippen molar-refractivity contribution >= 4 is 11.4 Å². The second-order valence-electron chi connectivity index (χ2n) is 4.74. The van der Waals surface area contributed by atoms with Crippen molar-refractivity contribution < 1.29 is 9.84 Å². The van der Waals surface area contributed by atoms with Gasteiger partial charge < -0.3 is 20.5 Å². The van der Waals surface area contributed by atoms with E-state index in [0.717, 1.165) is 43.7 Å². The summed E-state index contributed by atoms with van der Waals surface area (Å²) in [4.78, 5) is 2.14. The summed E-state index contributed by atoms with van der Waals surface area (Å²) in [6, 6.07) is 5.90. The van der Waals surface area contributed by atoms with Gasteiger partial charge in [0.15, 0.2) is 0 Å². The van der Waals surface area contributed by atoms with Crippen molar-refractivity contribution in [2.75, 3.05) is 37.4 Å². The molecule has 0 atom stereocenters. The van der Waals surface area contributed by atoms with E-state index >= 15 is 0 Å². The van der Waals surface area contributed by atoms with Crippen LogP contribution in [0.5, 0.6) is 5.75 Å². The SMILES string of the molecule is CCCOc1cccc(N(C)CCCCCO)c1N. The quantitative estimate of drug-likeness (QED) is 0.533. The van der Waals surface area contributed by atoms with Crippen LogP contribution in [0.2, 0.25) is 0 Å². The molecule has 0 heterocycles. The Bertz CT molecular complexity index is 369. The van der Waals surface area contributed by atoms with E-state index in [2.05, 4.69) is 11.8 Å². The number of nitrogen functional groups attached to an aromatic ring is 1. The maximum absolute atomic E-state index is 8.76. The largest absolute Gasteiger partial charge is 0.491 e. The zero-order valence-electron chi connectivity index (χ0n) is 12.1. The molecule has 0 aliphatic rings. The van der Waals surface area contributed by atoms with E-state index in [1.807, 2.05) is 25.2 Å². The summed E-state index contributed by atoms with van der Waals surface area (Å²) in [6.07, 6.45) is 3.92.